The highest BCUT2D eigenvalue weighted by Crippen LogP contribution is 2.27. The van der Waals surface area contributed by atoms with Gasteiger partial charge in [0, 0.05) is 17.5 Å². The number of fused-ring (bicyclic) bond motifs is 1. The molecular formula is C21H20N2O4. The molecule has 0 fully saturated rings. The van der Waals surface area contributed by atoms with Crippen LogP contribution in [0.4, 0.5) is 5.69 Å². The second-order valence-corrected chi connectivity index (χ2v) is 7.12. The van der Waals surface area contributed by atoms with Gasteiger partial charge in [0.25, 0.3) is 5.91 Å². The third-order valence-corrected chi connectivity index (χ3v) is 4.56. The Morgan fingerprint density at radius 1 is 1.07 bits per heavy atom. The summed E-state index contributed by atoms with van der Waals surface area (Å²) in [6.07, 6.45) is 0.0839. The van der Waals surface area contributed by atoms with E-state index in [1.165, 1.54) is 0 Å². The smallest absolute Gasteiger partial charge is 0.319 e. The standard InChI is InChI=1S/C21H20N2O4/c1-13-17-11-15(9-10-16(17)20(26)27-23-13)22-19(25)18(24)12-21(2,3)14-7-5-4-6-8-14/h4-11H,12H2,1-3H3,(H,22,25). The van der Waals surface area contributed by atoms with Gasteiger partial charge in [-0.2, -0.15) is 0 Å². The Balaban J connectivity index is 1.77. The van der Waals surface area contributed by atoms with Gasteiger partial charge in [0.15, 0.2) is 0 Å². The van der Waals surface area contributed by atoms with E-state index in [0.29, 0.717) is 22.2 Å². The molecule has 0 aliphatic rings. The van der Waals surface area contributed by atoms with E-state index < -0.39 is 22.7 Å². The Labute approximate surface area is 156 Å². The van der Waals surface area contributed by atoms with Gasteiger partial charge in [-0.25, -0.2) is 4.79 Å². The molecule has 0 atom stereocenters. The third-order valence-electron chi connectivity index (χ3n) is 4.56. The lowest BCUT2D eigenvalue weighted by atomic mass is 9.80. The molecule has 6 heteroatoms. The van der Waals surface area contributed by atoms with E-state index in [4.69, 9.17) is 0 Å². The average Bonchev–Trinajstić information content (AvgIpc) is 2.65. The maximum Gasteiger partial charge on any atom is 0.366 e. The predicted octanol–water partition coefficient (Wildman–Crippen LogP) is 3.37. The normalized spacial score (nSPS) is 11.4. The maximum atomic E-state index is 12.4. The van der Waals surface area contributed by atoms with Gasteiger partial charge in [0.2, 0.25) is 5.78 Å². The quantitative estimate of drug-likeness (QED) is 0.701. The molecule has 1 heterocycles. The van der Waals surface area contributed by atoms with Crippen molar-refractivity contribution in [3.05, 3.63) is 70.2 Å². The van der Waals surface area contributed by atoms with Gasteiger partial charge in [0.05, 0.1) is 11.1 Å². The highest BCUT2D eigenvalue weighted by atomic mass is 16.5. The summed E-state index contributed by atoms with van der Waals surface area (Å²) in [4.78, 5) is 36.5. The first-order valence-corrected chi connectivity index (χ1v) is 8.58. The molecule has 3 rings (SSSR count). The van der Waals surface area contributed by atoms with Crippen molar-refractivity contribution in [2.24, 2.45) is 0 Å². The zero-order valence-electron chi connectivity index (χ0n) is 15.4. The maximum absolute atomic E-state index is 12.4. The number of hydrogen-bond donors (Lipinski definition) is 1. The minimum atomic E-state index is -0.688. The molecule has 3 aromatic rings. The summed E-state index contributed by atoms with van der Waals surface area (Å²) < 4.78 is 4.68. The lowest BCUT2D eigenvalue weighted by molar-refractivity contribution is -0.135. The van der Waals surface area contributed by atoms with Crippen molar-refractivity contribution >= 4 is 28.2 Å². The van der Waals surface area contributed by atoms with E-state index in [-0.39, 0.29) is 6.42 Å². The van der Waals surface area contributed by atoms with Gasteiger partial charge in [-0.3, -0.25) is 9.59 Å². The minimum absolute atomic E-state index is 0.0839. The number of carbonyl (C=O) groups excluding carboxylic acids is 2. The minimum Gasteiger partial charge on any atom is -0.319 e. The van der Waals surface area contributed by atoms with Crippen LogP contribution in [0.15, 0.2) is 57.8 Å². The summed E-state index contributed by atoms with van der Waals surface area (Å²) >= 11 is 0. The monoisotopic (exact) mass is 364 g/mol. The molecule has 0 spiro atoms. The number of Topliss-reactive ketones (excluding diaryl/α,β-unsaturated/α-hetero) is 1. The first kappa shape index (κ1) is 18.5. The summed E-state index contributed by atoms with van der Waals surface area (Å²) in [5.41, 5.74) is 0.934. The van der Waals surface area contributed by atoms with Gasteiger partial charge in [-0.1, -0.05) is 49.3 Å². The van der Waals surface area contributed by atoms with Crippen LogP contribution in [0, 0.1) is 6.92 Å². The van der Waals surface area contributed by atoms with Crippen LogP contribution in [-0.4, -0.2) is 16.8 Å². The molecule has 0 radical (unpaired) electrons. The van der Waals surface area contributed by atoms with E-state index in [1.807, 2.05) is 44.2 Å². The number of ketones is 1. The van der Waals surface area contributed by atoms with Gasteiger partial charge in [0.1, 0.15) is 0 Å². The van der Waals surface area contributed by atoms with Crippen LogP contribution in [0.3, 0.4) is 0 Å². The molecule has 1 aromatic heterocycles. The van der Waals surface area contributed by atoms with Crippen LogP contribution in [0.25, 0.3) is 10.8 Å². The first-order chi connectivity index (χ1) is 12.8. The molecule has 0 aliphatic carbocycles. The van der Waals surface area contributed by atoms with Gasteiger partial charge in [-0.05, 0) is 36.1 Å². The fourth-order valence-corrected chi connectivity index (χ4v) is 2.98. The third kappa shape index (κ3) is 3.95. The zero-order valence-corrected chi connectivity index (χ0v) is 15.4. The molecule has 138 valence electrons. The number of benzene rings is 2. The van der Waals surface area contributed by atoms with Crippen molar-refractivity contribution in [2.45, 2.75) is 32.6 Å². The molecule has 1 N–H and O–H groups in total. The van der Waals surface area contributed by atoms with Crippen LogP contribution in [0.5, 0.6) is 0 Å². The fourth-order valence-electron chi connectivity index (χ4n) is 2.98. The first-order valence-electron chi connectivity index (χ1n) is 8.58. The van der Waals surface area contributed by atoms with E-state index in [0.717, 1.165) is 5.56 Å². The SMILES string of the molecule is Cc1noc(=O)c2ccc(NC(=O)C(=O)CC(C)(C)c3ccccc3)cc12. The van der Waals surface area contributed by atoms with Crippen LogP contribution < -0.4 is 10.9 Å². The van der Waals surface area contributed by atoms with Crippen LogP contribution >= 0.6 is 0 Å². The summed E-state index contributed by atoms with van der Waals surface area (Å²) in [5, 5.41) is 7.23. The van der Waals surface area contributed by atoms with E-state index in [9.17, 15) is 14.4 Å². The molecule has 27 heavy (non-hydrogen) atoms. The molecule has 0 aliphatic heterocycles. The number of nitrogens with zero attached hydrogens (tertiary/aromatic N) is 1. The van der Waals surface area contributed by atoms with Crippen molar-refractivity contribution in [3.8, 4) is 0 Å². The zero-order chi connectivity index (χ0) is 19.6. The van der Waals surface area contributed by atoms with Crippen molar-refractivity contribution in [2.75, 3.05) is 5.32 Å². The molecule has 0 bridgehead atoms. The Morgan fingerprint density at radius 2 is 1.78 bits per heavy atom. The van der Waals surface area contributed by atoms with E-state index in [1.54, 1.807) is 25.1 Å². The molecule has 0 unspecified atom stereocenters. The molecule has 2 aromatic carbocycles. The van der Waals surface area contributed by atoms with Gasteiger partial charge in [-0.15, -0.1) is 0 Å². The number of aromatic nitrogens is 1. The van der Waals surface area contributed by atoms with Crippen LogP contribution in [0.2, 0.25) is 0 Å². The highest BCUT2D eigenvalue weighted by Gasteiger charge is 2.27. The molecule has 0 saturated carbocycles. The number of carbonyl (C=O) groups is 2. The van der Waals surface area contributed by atoms with Crippen LogP contribution in [-0.2, 0) is 15.0 Å². The lowest BCUT2D eigenvalue weighted by Crippen LogP contribution is -2.30. The van der Waals surface area contributed by atoms with Gasteiger partial charge < -0.3 is 9.84 Å². The molecule has 1 amide bonds. The number of hydrogen-bond acceptors (Lipinski definition) is 5. The number of anilines is 1. The predicted molar refractivity (Wildman–Crippen MR) is 103 cm³/mol. The second kappa shape index (κ2) is 7.15. The molecule has 0 saturated heterocycles. The van der Waals surface area contributed by atoms with E-state index in [2.05, 4.69) is 15.0 Å². The van der Waals surface area contributed by atoms with E-state index >= 15 is 0 Å². The summed E-state index contributed by atoms with van der Waals surface area (Å²) in [6, 6.07) is 14.3. The van der Waals surface area contributed by atoms with Gasteiger partial charge >= 0.3 is 5.63 Å². The summed E-state index contributed by atoms with van der Waals surface area (Å²) in [6.45, 7) is 5.56. The number of nitrogens with one attached hydrogen (secondary N) is 1. The largest absolute Gasteiger partial charge is 0.366 e. The topological polar surface area (TPSA) is 89.3 Å². The van der Waals surface area contributed by atoms with Crippen molar-refractivity contribution in [1.82, 2.24) is 5.16 Å². The highest BCUT2D eigenvalue weighted by molar-refractivity contribution is 6.40. The Kier molecular flexibility index (Phi) is 4.90. The summed E-state index contributed by atoms with van der Waals surface area (Å²) in [7, 11) is 0. The fraction of sp³-hybridized carbons (Fsp3) is 0.238. The van der Waals surface area contributed by atoms with Crippen molar-refractivity contribution in [1.29, 1.82) is 0 Å². The Hall–Kier alpha value is -3.28. The number of aryl methyl sites for hydroxylation is 1. The Morgan fingerprint density at radius 3 is 2.48 bits per heavy atom. The summed E-state index contributed by atoms with van der Waals surface area (Å²) in [5.74, 6) is -1.20. The number of rotatable bonds is 5. The van der Waals surface area contributed by atoms with Crippen LogP contribution in [0.1, 0.15) is 31.5 Å². The molecular weight excluding hydrogens is 344 g/mol. The number of amides is 1. The lowest BCUT2D eigenvalue weighted by Gasteiger charge is -2.24. The van der Waals surface area contributed by atoms with Crippen molar-refractivity contribution in [3.63, 3.8) is 0 Å². The Bertz CT molecular complexity index is 1070. The second-order valence-electron chi connectivity index (χ2n) is 7.12. The average molecular weight is 364 g/mol. The van der Waals surface area contributed by atoms with Crippen molar-refractivity contribution < 1.29 is 14.1 Å². The molecule has 6 nitrogen and oxygen atoms in total.